The van der Waals surface area contributed by atoms with E-state index in [0.717, 1.165) is 26.8 Å². The van der Waals surface area contributed by atoms with Gasteiger partial charge in [-0.2, -0.15) is 11.8 Å². The SMILES string of the molecule is O=C(NC1(C(=O)O)CCSCC1)c1ccc2cc(Br)ccc2c1. The zero-order valence-corrected chi connectivity index (χ0v) is 14.7. The molecule has 1 amide bonds. The molecule has 1 heterocycles. The zero-order chi connectivity index (χ0) is 16.4. The number of halogens is 1. The number of hydrogen-bond donors (Lipinski definition) is 2. The van der Waals surface area contributed by atoms with E-state index in [9.17, 15) is 14.7 Å². The smallest absolute Gasteiger partial charge is 0.329 e. The molecule has 0 unspecified atom stereocenters. The highest BCUT2D eigenvalue weighted by Crippen LogP contribution is 2.28. The van der Waals surface area contributed by atoms with E-state index in [0.29, 0.717) is 18.4 Å². The summed E-state index contributed by atoms with van der Waals surface area (Å²) in [4.78, 5) is 24.2. The van der Waals surface area contributed by atoms with Gasteiger partial charge in [-0.05, 0) is 59.4 Å². The number of amides is 1. The molecule has 4 nitrogen and oxygen atoms in total. The number of carboxylic acids is 1. The van der Waals surface area contributed by atoms with E-state index < -0.39 is 11.5 Å². The lowest BCUT2D eigenvalue weighted by Crippen LogP contribution is -2.56. The Hall–Kier alpha value is -1.53. The molecular formula is C17H16BrNO3S. The van der Waals surface area contributed by atoms with Crippen molar-refractivity contribution in [1.29, 1.82) is 0 Å². The monoisotopic (exact) mass is 393 g/mol. The first-order chi connectivity index (χ1) is 11.0. The number of nitrogens with one attached hydrogen (secondary N) is 1. The number of thioether (sulfide) groups is 1. The third-order valence-corrected chi connectivity index (χ3v) is 5.65. The molecule has 0 atom stereocenters. The quantitative estimate of drug-likeness (QED) is 0.834. The molecule has 0 saturated carbocycles. The standard InChI is InChI=1S/C17H16BrNO3S/c18-14-4-3-11-9-13(2-1-12(11)10-14)15(20)19-17(16(21)22)5-7-23-8-6-17/h1-4,9-10H,5-8H2,(H,19,20)(H,21,22). The van der Waals surface area contributed by atoms with Crippen LogP contribution < -0.4 is 5.32 Å². The predicted molar refractivity (Wildman–Crippen MR) is 96.0 cm³/mol. The maximum absolute atomic E-state index is 12.5. The molecule has 23 heavy (non-hydrogen) atoms. The van der Waals surface area contributed by atoms with Crippen molar-refractivity contribution in [2.75, 3.05) is 11.5 Å². The van der Waals surface area contributed by atoms with Gasteiger partial charge in [0.15, 0.2) is 0 Å². The summed E-state index contributed by atoms with van der Waals surface area (Å²) < 4.78 is 0.978. The van der Waals surface area contributed by atoms with Crippen molar-refractivity contribution in [1.82, 2.24) is 5.32 Å². The Morgan fingerprint density at radius 3 is 2.43 bits per heavy atom. The second-order valence-corrected chi connectivity index (χ2v) is 7.80. The Labute approximate surface area is 146 Å². The predicted octanol–water partition coefficient (Wildman–Crippen LogP) is 3.68. The van der Waals surface area contributed by atoms with E-state index in [1.165, 1.54) is 0 Å². The fourth-order valence-electron chi connectivity index (χ4n) is 2.76. The van der Waals surface area contributed by atoms with E-state index >= 15 is 0 Å². The maximum atomic E-state index is 12.5. The van der Waals surface area contributed by atoms with Gasteiger partial charge in [0.2, 0.25) is 0 Å². The summed E-state index contributed by atoms with van der Waals surface area (Å²) in [6.07, 6.45) is 0.915. The summed E-state index contributed by atoms with van der Waals surface area (Å²) in [6, 6.07) is 11.2. The maximum Gasteiger partial charge on any atom is 0.329 e. The van der Waals surface area contributed by atoms with Gasteiger partial charge in [0.25, 0.3) is 5.91 Å². The van der Waals surface area contributed by atoms with E-state index in [1.807, 2.05) is 24.3 Å². The van der Waals surface area contributed by atoms with Gasteiger partial charge in [0, 0.05) is 10.0 Å². The summed E-state index contributed by atoms with van der Waals surface area (Å²) in [5, 5.41) is 14.3. The molecule has 0 spiro atoms. The van der Waals surface area contributed by atoms with E-state index in [2.05, 4.69) is 21.2 Å². The molecular weight excluding hydrogens is 378 g/mol. The number of benzene rings is 2. The van der Waals surface area contributed by atoms with Crippen LogP contribution in [0.5, 0.6) is 0 Å². The van der Waals surface area contributed by atoms with Crippen LogP contribution in [0.2, 0.25) is 0 Å². The Kier molecular flexibility index (Phi) is 4.64. The van der Waals surface area contributed by atoms with Crippen molar-refractivity contribution < 1.29 is 14.7 Å². The minimum Gasteiger partial charge on any atom is -0.480 e. The molecule has 0 bridgehead atoms. The topological polar surface area (TPSA) is 66.4 Å². The fourth-order valence-corrected chi connectivity index (χ4v) is 4.33. The molecule has 0 aliphatic carbocycles. The normalized spacial score (nSPS) is 16.9. The van der Waals surface area contributed by atoms with Crippen LogP contribution >= 0.6 is 27.7 Å². The first-order valence-corrected chi connectivity index (χ1v) is 9.28. The summed E-state index contributed by atoms with van der Waals surface area (Å²) in [7, 11) is 0. The Morgan fingerprint density at radius 1 is 1.09 bits per heavy atom. The van der Waals surface area contributed by atoms with Gasteiger partial charge in [-0.25, -0.2) is 4.79 Å². The van der Waals surface area contributed by atoms with Gasteiger partial charge in [-0.1, -0.05) is 28.1 Å². The third kappa shape index (κ3) is 3.38. The number of carbonyl (C=O) groups excluding carboxylic acids is 1. The molecule has 2 N–H and O–H groups in total. The van der Waals surface area contributed by atoms with E-state index in [-0.39, 0.29) is 5.91 Å². The average Bonchev–Trinajstić information content (AvgIpc) is 2.55. The number of carboxylic acid groups (broad SMARTS) is 1. The lowest BCUT2D eigenvalue weighted by Gasteiger charge is -2.33. The van der Waals surface area contributed by atoms with Crippen LogP contribution in [0, 0.1) is 0 Å². The molecule has 0 aromatic heterocycles. The first kappa shape index (κ1) is 16.3. The van der Waals surface area contributed by atoms with Crippen LogP contribution in [0.1, 0.15) is 23.2 Å². The summed E-state index contributed by atoms with van der Waals surface area (Å²) >= 11 is 5.14. The highest BCUT2D eigenvalue weighted by atomic mass is 79.9. The van der Waals surface area contributed by atoms with Gasteiger partial charge >= 0.3 is 5.97 Å². The Bertz CT molecular complexity index is 772. The highest BCUT2D eigenvalue weighted by molar-refractivity contribution is 9.10. The van der Waals surface area contributed by atoms with E-state index in [1.54, 1.807) is 23.9 Å². The molecule has 2 aromatic rings. The van der Waals surface area contributed by atoms with Crippen molar-refractivity contribution in [3.05, 3.63) is 46.4 Å². The number of aliphatic carboxylic acids is 1. The minimum absolute atomic E-state index is 0.330. The molecule has 3 rings (SSSR count). The molecule has 0 radical (unpaired) electrons. The van der Waals surface area contributed by atoms with Crippen molar-refractivity contribution in [3.8, 4) is 0 Å². The summed E-state index contributed by atoms with van der Waals surface area (Å²) in [5.41, 5.74) is -0.657. The van der Waals surface area contributed by atoms with Gasteiger partial charge in [-0.3, -0.25) is 4.79 Å². The lowest BCUT2D eigenvalue weighted by atomic mass is 9.91. The average molecular weight is 394 g/mol. The molecule has 1 fully saturated rings. The Balaban J connectivity index is 1.87. The molecule has 120 valence electrons. The second kappa shape index (κ2) is 6.53. The number of carbonyl (C=O) groups is 2. The molecule has 2 aromatic carbocycles. The van der Waals surface area contributed by atoms with Gasteiger partial charge < -0.3 is 10.4 Å². The number of hydrogen-bond acceptors (Lipinski definition) is 3. The van der Waals surface area contributed by atoms with Gasteiger partial charge in [0.05, 0.1) is 0 Å². The van der Waals surface area contributed by atoms with Crippen molar-refractivity contribution in [3.63, 3.8) is 0 Å². The summed E-state index contributed by atoms with van der Waals surface area (Å²) in [5.74, 6) is 0.219. The highest BCUT2D eigenvalue weighted by Gasteiger charge is 2.41. The number of rotatable bonds is 3. The lowest BCUT2D eigenvalue weighted by molar-refractivity contribution is -0.144. The molecule has 1 aliphatic rings. The van der Waals surface area contributed by atoms with Crippen LogP contribution in [0.15, 0.2) is 40.9 Å². The largest absolute Gasteiger partial charge is 0.480 e. The molecule has 1 saturated heterocycles. The second-order valence-electron chi connectivity index (χ2n) is 5.66. The van der Waals surface area contributed by atoms with Crippen LogP contribution in [0.3, 0.4) is 0 Å². The first-order valence-electron chi connectivity index (χ1n) is 7.33. The van der Waals surface area contributed by atoms with Crippen LogP contribution in [0.25, 0.3) is 10.8 Å². The third-order valence-electron chi connectivity index (χ3n) is 4.17. The van der Waals surface area contributed by atoms with Crippen LogP contribution in [-0.4, -0.2) is 34.0 Å². The Morgan fingerprint density at radius 2 is 1.74 bits per heavy atom. The van der Waals surface area contributed by atoms with E-state index in [4.69, 9.17) is 0 Å². The molecule has 6 heteroatoms. The van der Waals surface area contributed by atoms with Gasteiger partial charge in [-0.15, -0.1) is 0 Å². The van der Waals surface area contributed by atoms with Gasteiger partial charge in [0.1, 0.15) is 5.54 Å². The van der Waals surface area contributed by atoms with Crippen molar-refractivity contribution >= 4 is 50.3 Å². The van der Waals surface area contributed by atoms with Crippen molar-refractivity contribution in [2.24, 2.45) is 0 Å². The fraction of sp³-hybridized carbons (Fsp3) is 0.294. The number of fused-ring (bicyclic) bond motifs is 1. The van der Waals surface area contributed by atoms with Crippen LogP contribution in [-0.2, 0) is 4.79 Å². The molecule has 1 aliphatic heterocycles. The minimum atomic E-state index is -1.14. The van der Waals surface area contributed by atoms with Crippen molar-refractivity contribution in [2.45, 2.75) is 18.4 Å². The zero-order valence-electron chi connectivity index (χ0n) is 12.3. The summed E-state index contributed by atoms with van der Waals surface area (Å²) in [6.45, 7) is 0. The van der Waals surface area contributed by atoms with Crippen LogP contribution in [0.4, 0.5) is 0 Å².